The summed E-state index contributed by atoms with van der Waals surface area (Å²) in [5.74, 6) is 0.697. The molecule has 0 radical (unpaired) electrons. The summed E-state index contributed by atoms with van der Waals surface area (Å²) in [5.41, 5.74) is 6.82. The molecule has 0 bridgehead atoms. The zero-order valence-electron chi connectivity index (χ0n) is 11.9. The first-order valence-electron chi connectivity index (χ1n) is 7.01. The van der Waals surface area contributed by atoms with Gasteiger partial charge in [-0.2, -0.15) is 0 Å². The summed E-state index contributed by atoms with van der Waals surface area (Å²) in [4.78, 5) is 4.28. The third kappa shape index (κ3) is 5.50. The summed E-state index contributed by atoms with van der Waals surface area (Å²) < 4.78 is 5.78. The van der Waals surface area contributed by atoms with Crippen LogP contribution in [0.2, 0.25) is 0 Å². The molecule has 1 rings (SSSR count). The average molecular weight is 250 g/mol. The van der Waals surface area contributed by atoms with Crippen LogP contribution in [0.1, 0.15) is 64.5 Å². The van der Waals surface area contributed by atoms with Crippen LogP contribution in [-0.2, 0) is 0 Å². The molecule has 1 heterocycles. The number of pyridine rings is 1. The molecule has 3 heteroatoms. The molecule has 2 atom stereocenters. The number of ether oxygens (including phenoxy) is 1. The van der Waals surface area contributed by atoms with Crippen molar-refractivity contribution in [1.82, 2.24) is 4.98 Å². The molecule has 0 saturated heterocycles. The van der Waals surface area contributed by atoms with Crippen molar-refractivity contribution in [3.05, 3.63) is 23.9 Å². The minimum atomic E-state index is 0.0259. The molecule has 102 valence electrons. The van der Waals surface area contributed by atoms with Crippen molar-refractivity contribution in [2.24, 2.45) is 5.73 Å². The van der Waals surface area contributed by atoms with Gasteiger partial charge >= 0.3 is 0 Å². The van der Waals surface area contributed by atoms with Gasteiger partial charge in [0.1, 0.15) is 0 Å². The molecule has 0 fully saturated rings. The first-order valence-corrected chi connectivity index (χ1v) is 7.01. The summed E-state index contributed by atoms with van der Waals surface area (Å²) in [6, 6.07) is 3.91. The Balaban J connectivity index is 2.32. The lowest BCUT2D eigenvalue weighted by atomic mass is 10.1. The second kappa shape index (κ2) is 8.09. The topological polar surface area (TPSA) is 48.1 Å². The lowest BCUT2D eigenvalue weighted by Gasteiger charge is -2.14. The number of nitrogens with two attached hydrogens (primary N) is 1. The fourth-order valence-corrected chi connectivity index (χ4v) is 1.85. The van der Waals surface area contributed by atoms with Crippen LogP contribution in [0.15, 0.2) is 18.3 Å². The summed E-state index contributed by atoms with van der Waals surface area (Å²) in [6.07, 6.45) is 8.23. The van der Waals surface area contributed by atoms with Gasteiger partial charge in [0.15, 0.2) is 0 Å². The Morgan fingerprint density at radius 1 is 1.22 bits per heavy atom. The molecule has 0 aliphatic heterocycles. The highest BCUT2D eigenvalue weighted by atomic mass is 16.5. The molecule has 0 amide bonds. The Bertz CT molecular complexity index is 322. The van der Waals surface area contributed by atoms with Crippen LogP contribution >= 0.6 is 0 Å². The maximum Gasteiger partial charge on any atom is 0.213 e. The van der Waals surface area contributed by atoms with E-state index in [0.29, 0.717) is 5.88 Å². The van der Waals surface area contributed by atoms with Crippen LogP contribution in [0, 0.1) is 0 Å². The van der Waals surface area contributed by atoms with Gasteiger partial charge in [-0.15, -0.1) is 0 Å². The lowest BCUT2D eigenvalue weighted by molar-refractivity contribution is 0.198. The highest BCUT2D eigenvalue weighted by molar-refractivity contribution is 5.20. The number of nitrogens with zero attached hydrogens (tertiary/aromatic N) is 1. The highest BCUT2D eigenvalue weighted by Crippen LogP contribution is 2.15. The van der Waals surface area contributed by atoms with Gasteiger partial charge in [-0.1, -0.05) is 32.3 Å². The van der Waals surface area contributed by atoms with Gasteiger partial charge in [-0.05, 0) is 32.3 Å². The highest BCUT2D eigenvalue weighted by Gasteiger charge is 2.06. The minimum Gasteiger partial charge on any atom is -0.475 e. The Labute approximate surface area is 111 Å². The standard InChI is InChI=1S/C15H26N2O/c1-4-5-6-7-8-12(2)18-15-10-9-14(11-17-15)13(3)16/h9-13H,4-8,16H2,1-3H3/t12?,13-/m0/s1. The lowest BCUT2D eigenvalue weighted by Crippen LogP contribution is -2.13. The number of rotatable bonds is 8. The number of hydrogen-bond acceptors (Lipinski definition) is 3. The molecular weight excluding hydrogens is 224 g/mol. The molecule has 18 heavy (non-hydrogen) atoms. The number of aromatic nitrogens is 1. The van der Waals surface area contributed by atoms with Gasteiger partial charge in [0, 0.05) is 18.3 Å². The second-order valence-electron chi connectivity index (χ2n) is 5.00. The predicted molar refractivity (Wildman–Crippen MR) is 75.7 cm³/mol. The van der Waals surface area contributed by atoms with Crippen molar-refractivity contribution in [1.29, 1.82) is 0 Å². The molecule has 3 nitrogen and oxygen atoms in total. The van der Waals surface area contributed by atoms with E-state index < -0.39 is 0 Å². The van der Waals surface area contributed by atoms with Gasteiger partial charge in [0.25, 0.3) is 0 Å². The van der Waals surface area contributed by atoms with Gasteiger partial charge in [-0.25, -0.2) is 4.98 Å². The van der Waals surface area contributed by atoms with Crippen molar-refractivity contribution in [2.75, 3.05) is 0 Å². The second-order valence-corrected chi connectivity index (χ2v) is 5.00. The van der Waals surface area contributed by atoms with E-state index in [2.05, 4.69) is 18.8 Å². The van der Waals surface area contributed by atoms with Crippen molar-refractivity contribution in [3.63, 3.8) is 0 Å². The third-order valence-corrected chi connectivity index (χ3v) is 3.07. The van der Waals surface area contributed by atoms with E-state index in [0.717, 1.165) is 12.0 Å². The average Bonchev–Trinajstić information content (AvgIpc) is 2.35. The van der Waals surface area contributed by atoms with E-state index in [9.17, 15) is 0 Å². The number of hydrogen-bond donors (Lipinski definition) is 1. The molecule has 1 aromatic rings. The summed E-state index contributed by atoms with van der Waals surface area (Å²) >= 11 is 0. The van der Waals surface area contributed by atoms with Gasteiger partial charge in [0.05, 0.1) is 6.10 Å². The first kappa shape index (κ1) is 15.0. The normalized spacial score (nSPS) is 14.2. The monoisotopic (exact) mass is 250 g/mol. The van der Waals surface area contributed by atoms with Gasteiger partial charge < -0.3 is 10.5 Å². The van der Waals surface area contributed by atoms with E-state index in [1.807, 2.05) is 19.1 Å². The van der Waals surface area contributed by atoms with Crippen LogP contribution in [0.3, 0.4) is 0 Å². The Kier molecular flexibility index (Phi) is 6.73. The van der Waals surface area contributed by atoms with Crippen LogP contribution in [0.5, 0.6) is 5.88 Å². The molecule has 1 unspecified atom stereocenters. The van der Waals surface area contributed by atoms with Crippen molar-refractivity contribution >= 4 is 0 Å². The van der Waals surface area contributed by atoms with Gasteiger partial charge in [-0.3, -0.25) is 0 Å². The minimum absolute atomic E-state index is 0.0259. The van der Waals surface area contributed by atoms with E-state index in [4.69, 9.17) is 10.5 Å². The third-order valence-electron chi connectivity index (χ3n) is 3.07. The van der Waals surface area contributed by atoms with Crippen LogP contribution in [0.25, 0.3) is 0 Å². The molecule has 0 spiro atoms. The largest absolute Gasteiger partial charge is 0.475 e. The fraction of sp³-hybridized carbons (Fsp3) is 0.667. The zero-order chi connectivity index (χ0) is 13.4. The van der Waals surface area contributed by atoms with E-state index >= 15 is 0 Å². The maximum absolute atomic E-state index is 5.78. The smallest absolute Gasteiger partial charge is 0.213 e. The molecular formula is C15H26N2O. The Hall–Kier alpha value is -1.09. The van der Waals surface area contributed by atoms with Crippen LogP contribution in [0.4, 0.5) is 0 Å². The molecule has 2 N–H and O–H groups in total. The maximum atomic E-state index is 5.78. The Morgan fingerprint density at radius 3 is 2.56 bits per heavy atom. The van der Waals surface area contributed by atoms with E-state index in [-0.39, 0.29) is 12.1 Å². The van der Waals surface area contributed by atoms with Crippen LogP contribution in [-0.4, -0.2) is 11.1 Å². The molecule has 1 aromatic heterocycles. The van der Waals surface area contributed by atoms with Gasteiger partial charge in [0.2, 0.25) is 5.88 Å². The van der Waals surface area contributed by atoms with Crippen LogP contribution < -0.4 is 10.5 Å². The predicted octanol–water partition coefficient (Wildman–Crippen LogP) is 3.84. The summed E-state index contributed by atoms with van der Waals surface area (Å²) in [7, 11) is 0. The molecule has 0 aliphatic rings. The van der Waals surface area contributed by atoms with E-state index in [1.165, 1.54) is 25.7 Å². The molecule has 0 aromatic carbocycles. The van der Waals surface area contributed by atoms with Crippen molar-refractivity contribution < 1.29 is 4.74 Å². The van der Waals surface area contributed by atoms with Crippen molar-refractivity contribution in [3.8, 4) is 5.88 Å². The van der Waals surface area contributed by atoms with Crippen molar-refractivity contribution in [2.45, 2.75) is 65.0 Å². The SMILES string of the molecule is CCCCCCC(C)Oc1ccc([C@H](C)N)cn1. The first-order chi connectivity index (χ1) is 8.63. The summed E-state index contributed by atoms with van der Waals surface area (Å²) in [6.45, 7) is 6.28. The quantitative estimate of drug-likeness (QED) is 0.713. The summed E-state index contributed by atoms with van der Waals surface area (Å²) in [5, 5.41) is 0. The number of unbranched alkanes of at least 4 members (excludes halogenated alkanes) is 3. The fourth-order valence-electron chi connectivity index (χ4n) is 1.85. The zero-order valence-corrected chi connectivity index (χ0v) is 11.9. The Morgan fingerprint density at radius 2 is 2.00 bits per heavy atom. The van der Waals surface area contributed by atoms with E-state index in [1.54, 1.807) is 6.20 Å². The molecule has 0 aliphatic carbocycles. The molecule has 0 saturated carbocycles.